The average Bonchev–Trinajstić information content (AvgIpc) is 2.01. The minimum Gasteiger partial charge on any atom is -0.481 e. The van der Waals surface area contributed by atoms with Gasteiger partial charge in [0.2, 0.25) is 0 Å². The van der Waals surface area contributed by atoms with Gasteiger partial charge in [-0.1, -0.05) is 40.0 Å². The van der Waals surface area contributed by atoms with Crippen LogP contribution in [0.2, 0.25) is 0 Å². The zero-order valence-electron chi connectivity index (χ0n) is 10.3. The van der Waals surface area contributed by atoms with Crippen LogP contribution in [0.15, 0.2) is 0 Å². The maximum Gasteiger partial charge on any atom is 0.309 e. The van der Waals surface area contributed by atoms with Gasteiger partial charge >= 0.3 is 5.97 Å². The van der Waals surface area contributed by atoms with Gasteiger partial charge in [0, 0.05) is 0 Å². The summed E-state index contributed by atoms with van der Waals surface area (Å²) < 4.78 is 0. The Morgan fingerprint density at radius 2 is 1.87 bits per heavy atom. The number of aliphatic carboxylic acids is 1. The van der Waals surface area contributed by atoms with Gasteiger partial charge in [-0.05, 0) is 19.3 Å². The largest absolute Gasteiger partial charge is 0.481 e. The van der Waals surface area contributed by atoms with E-state index >= 15 is 0 Å². The Labute approximate surface area is 92.5 Å². The fourth-order valence-electron chi connectivity index (χ4n) is 2.16. The molecule has 15 heavy (non-hydrogen) atoms. The smallest absolute Gasteiger partial charge is 0.309 e. The molecule has 0 aromatic rings. The zero-order chi connectivity index (χ0) is 12.1. The Kier molecular flexibility index (Phi) is 5.88. The monoisotopic (exact) mass is 216 g/mol. The Morgan fingerprint density at radius 1 is 1.33 bits per heavy atom. The van der Waals surface area contributed by atoms with Gasteiger partial charge in [0.1, 0.15) is 0 Å². The van der Waals surface area contributed by atoms with E-state index in [1.54, 1.807) is 6.92 Å². The molecule has 0 aromatic carbocycles. The van der Waals surface area contributed by atoms with E-state index in [4.69, 9.17) is 5.11 Å². The summed E-state index contributed by atoms with van der Waals surface area (Å²) in [5, 5.41) is 19.2. The number of hydrogen-bond acceptors (Lipinski definition) is 2. The summed E-state index contributed by atoms with van der Waals surface area (Å²) in [7, 11) is 0. The van der Waals surface area contributed by atoms with Gasteiger partial charge in [0.05, 0.1) is 11.5 Å². The molecule has 0 amide bonds. The number of rotatable bonds is 7. The zero-order valence-corrected chi connectivity index (χ0v) is 10.3. The Morgan fingerprint density at radius 3 is 2.20 bits per heavy atom. The van der Waals surface area contributed by atoms with Crippen LogP contribution in [0.4, 0.5) is 0 Å². The predicted octanol–water partition coefficient (Wildman–Crippen LogP) is 2.67. The molecule has 0 radical (unpaired) electrons. The van der Waals surface area contributed by atoms with Crippen molar-refractivity contribution in [3.63, 3.8) is 0 Å². The van der Waals surface area contributed by atoms with Crippen LogP contribution in [0.25, 0.3) is 0 Å². The Bertz CT molecular complexity index is 197. The lowest BCUT2D eigenvalue weighted by molar-refractivity contribution is -0.154. The lowest BCUT2D eigenvalue weighted by Gasteiger charge is -2.32. The van der Waals surface area contributed by atoms with E-state index < -0.39 is 17.5 Å². The molecule has 0 fully saturated rings. The van der Waals surface area contributed by atoms with Crippen LogP contribution >= 0.6 is 0 Å². The number of carboxylic acids is 1. The highest BCUT2D eigenvalue weighted by atomic mass is 16.4. The molecule has 0 aliphatic carbocycles. The van der Waals surface area contributed by atoms with Gasteiger partial charge in [-0.15, -0.1) is 0 Å². The first-order valence-electron chi connectivity index (χ1n) is 5.78. The average molecular weight is 216 g/mol. The number of aliphatic hydroxyl groups is 1. The van der Waals surface area contributed by atoms with Gasteiger partial charge in [0.25, 0.3) is 0 Å². The molecular formula is C12H24O3. The van der Waals surface area contributed by atoms with Crippen LogP contribution in [0.5, 0.6) is 0 Å². The molecule has 0 rings (SSSR count). The van der Waals surface area contributed by atoms with Crippen LogP contribution in [0.3, 0.4) is 0 Å². The van der Waals surface area contributed by atoms with Crippen molar-refractivity contribution in [3.8, 4) is 0 Å². The molecular weight excluding hydrogens is 192 g/mol. The highest BCUT2D eigenvalue weighted by molar-refractivity contribution is 5.71. The van der Waals surface area contributed by atoms with Crippen LogP contribution in [0, 0.1) is 11.8 Å². The van der Waals surface area contributed by atoms with E-state index in [0.717, 1.165) is 19.3 Å². The molecule has 2 N–H and O–H groups in total. The van der Waals surface area contributed by atoms with Crippen molar-refractivity contribution in [2.24, 2.45) is 11.8 Å². The number of carboxylic acid groups (broad SMARTS) is 1. The quantitative estimate of drug-likeness (QED) is 0.643. The summed E-state index contributed by atoms with van der Waals surface area (Å²) in [6.45, 7) is 7.41. The summed E-state index contributed by atoms with van der Waals surface area (Å²) >= 11 is 0. The summed E-state index contributed by atoms with van der Waals surface area (Å²) in [6.07, 6.45) is 3.58. The molecule has 90 valence electrons. The second kappa shape index (κ2) is 6.11. The van der Waals surface area contributed by atoms with Crippen molar-refractivity contribution < 1.29 is 15.0 Å². The van der Waals surface area contributed by atoms with Gasteiger partial charge in [0.15, 0.2) is 0 Å². The minimum atomic E-state index is -1.09. The summed E-state index contributed by atoms with van der Waals surface area (Å²) in [5.41, 5.74) is -1.09. The molecule has 0 saturated heterocycles. The molecule has 2 unspecified atom stereocenters. The predicted molar refractivity (Wildman–Crippen MR) is 60.7 cm³/mol. The molecule has 3 heteroatoms. The Balaban J connectivity index is 4.43. The van der Waals surface area contributed by atoms with Crippen molar-refractivity contribution in [2.45, 2.75) is 59.0 Å². The third kappa shape index (κ3) is 4.65. The second-order valence-electron chi connectivity index (χ2n) is 4.87. The number of hydrogen-bond donors (Lipinski definition) is 2. The van der Waals surface area contributed by atoms with Crippen molar-refractivity contribution in [1.82, 2.24) is 0 Å². The maximum atomic E-state index is 11.1. The van der Waals surface area contributed by atoms with E-state index in [2.05, 4.69) is 6.92 Å². The first-order chi connectivity index (χ1) is 6.83. The topological polar surface area (TPSA) is 57.5 Å². The second-order valence-corrected chi connectivity index (χ2v) is 4.87. The summed E-state index contributed by atoms with van der Waals surface area (Å²) in [6, 6.07) is 0. The van der Waals surface area contributed by atoms with Crippen LogP contribution in [-0.2, 0) is 4.79 Å². The minimum absolute atomic E-state index is 0.0425. The van der Waals surface area contributed by atoms with Crippen molar-refractivity contribution in [3.05, 3.63) is 0 Å². The number of unbranched alkanes of at least 4 members (excludes halogenated alkanes) is 2. The van der Waals surface area contributed by atoms with Crippen LogP contribution < -0.4 is 0 Å². The lowest BCUT2D eigenvalue weighted by atomic mass is 9.78. The molecule has 3 nitrogen and oxygen atoms in total. The summed E-state index contributed by atoms with van der Waals surface area (Å²) in [4.78, 5) is 11.1. The van der Waals surface area contributed by atoms with Crippen LogP contribution in [-0.4, -0.2) is 21.8 Å². The van der Waals surface area contributed by atoms with E-state index in [-0.39, 0.29) is 5.92 Å². The van der Waals surface area contributed by atoms with E-state index in [1.165, 1.54) is 0 Å². The molecule has 0 aliphatic rings. The fraction of sp³-hybridized carbons (Fsp3) is 0.917. The molecule has 0 spiro atoms. The Hall–Kier alpha value is -0.570. The van der Waals surface area contributed by atoms with Gasteiger partial charge in [-0.2, -0.15) is 0 Å². The van der Waals surface area contributed by atoms with E-state index in [1.807, 2.05) is 13.8 Å². The van der Waals surface area contributed by atoms with Gasteiger partial charge < -0.3 is 10.2 Å². The molecule has 0 heterocycles. The van der Waals surface area contributed by atoms with Crippen LogP contribution in [0.1, 0.15) is 53.4 Å². The first-order valence-corrected chi connectivity index (χ1v) is 5.78. The molecule has 0 aromatic heterocycles. The fourth-order valence-corrected chi connectivity index (χ4v) is 2.16. The van der Waals surface area contributed by atoms with E-state index in [9.17, 15) is 9.90 Å². The number of carbonyl (C=O) groups is 1. The van der Waals surface area contributed by atoms with Gasteiger partial charge in [-0.3, -0.25) is 4.79 Å². The first kappa shape index (κ1) is 14.4. The third-order valence-corrected chi connectivity index (χ3v) is 2.89. The van der Waals surface area contributed by atoms with Gasteiger partial charge in [-0.25, -0.2) is 0 Å². The highest BCUT2D eigenvalue weighted by Crippen LogP contribution is 2.29. The van der Waals surface area contributed by atoms with Crippen molar-refractivity contribution in [1.29, 1.82) is 0 Å². The van der Waals surface area contributed by atoms with Crippen molar-refractivity contribution >= 4 is 5.97 Å². The maximum absolute atomic E-state index is 11.1. The third-order valence-electron chi connectivity index (χ3n) is 2.89. The van der Waals surface area contributed by atoms with Crippen molar-refractivity contribution in [2.75, 3.05) is 0 Å². The highest BCUT2D eigenvalue weighted by Gasteiger charge is 2.38. The standard InChI is InChI=1S/C12H24O3/c1-5-6-7-8-12(4,15)10(9(2)3)11(13)14/h9-10,15H,5-8H2,1-4H3,(H,13,14). The molecule has 0 bridgehead atoms. The SMILES string of the molecule is CCCCCC(C)(O)C(C(=O)O)C(C)C. The van der Waals surface area contributed by atoms with E-state index in [0.29, 0.717) is 6.42 Å². The molecule has 2 atom stereocenters. The normalized spacial score (nSPS) is 17.5. The lowest BCUT2D eigenvalue weighted by Crippen LogP contribution is -2.42. The summed E-state index contributed by atoms with van der Waals surface area (Å²) in [5.74, 6) is -1.61. The molecule has 0 saturated carbocycles. The molecule has 0 aliphatic heterocycles.